The smallest absolute Gasteiger partial charge is 0.481 e. The summed E-state index contributed by atoms with van der Waals surface area (Å²) in [6.45, 7) is 0. The summed E-state index contributed by atoms with van der Waals surface area (Å²) in [4.78, 5) is 20.3. The second-order valence-electron chi connectivity index (χ2n) is 7.77. The number of carboxylic acids is 2. The molecule has 3 saturated carbocycles. The van der Waals surface area contributed by atoms with Crippen LogP contribution in [-0.4, -0.2) is 54.2 Å². The van der Waals surface area contributed by atoms with Gasteiger partial charge >= 0.3 is 18.1 Å². The normalized spacial score (nSPS) is 27.7. The molecule has 0 spiro atoms. The summed E-state index contributed by atoms with van der Waals surface area (Å²) in [5, 5.41) is 32.9. The summed E-state index contributed by atoms with van der Waals surface area (Å²) in [7, 11) is 0. The number of alkyl halides is 3. The maximum absolute atomic E-state index is 11.4. The Morgan fingerprint density at radius 1 is 1.17 bits per heavy atom. The van der Waals surface area contributed by atoms with Gasteiger partial charge in [-0.2, -0.15) is 17.7 Å². The van der Waals surface area contributed by atoms with Crippen molar-refractivity contribution in [3.8, 4) is 0 Å². The van der Waals surface area contributed by atoms with Gasteiger partial charge in [-0.3, -0.25) is 4.79 Å². The van der Waals surface area contributed by atoms with Crippen LogP contribution in [-0.2, 0) is 9.59 Å². The van der Waals surface area contributed by atoms with E-state index in [-0.39, 0.29) is 6.04 Å². The van der Waals surface area contributed by atoms with E-state index in [0.717, 1.165) is 43.0 Å². The van der Waals surface area contributed by atoms with Gasteiger partial charge in [0, 0.05) is 12.0 Å². The van der Waals surface area contributed by atoms with Crippen LogP contribution in [0.4, 0.5) is 19.0 Å². The monoisotopic (exact) mass is 413 g/mol. The average molecular weight is 413 g/mol. The number of fused-ring (bicyclic) bond motifs is 2. The standard InChI is InChI=1S/C15H17N5O2.C2HF3O2/c21-14(22)15-6-9(15)5-10(7-15)16-11-3-4-12-17-18-13(8-1-2-8)20(12)19-11;3-2(4,5)1(6)7/h3-4,8-10H,1-2,5-7H2,(H,16,19)(H,21,22);(H,6,7)/t9-,10+,15+;/m1./s1. The molecule has 0 saturated heterocycles. The molecule has 29 heavy (non-hydrogen) atoms. The Morgan fingerprint density at radius 3 is 2.41 bits per heavy atom. The highest BCUT2D eigenvalue weighted by atomic mass is 19.4. The summed E-state index contributed by atoms with van der Waals surface area (Å²) >= 11 is 0. The van der Waals surface area contributed by atoms with Crippen molar-refractivity contribution in [2.75, 3.05) is 5.32 Å². The Bertz CT molecular complexity index is 974. The van der Waals surface area contributed by atoms with E-state index in [2.05, 4.69) is 20.6 Å². The average Bonchev–Trinajstić information content (AvgIpc) is 3.53. The lowest BCUT2D eigenvalue weighted by atomic mass is 10.0. The fourth-order valence-corrected chi connectivity index (χ4v) is 3.95. The van der Waals surface area contributed by atoms with Crippen LogP contribution in [0.5, 0.6) is 0 Å². The number of anilines is 1. The molecular weight excluding hydrogens is 395 g/mol. The Kier molecular flexibility index (Phi) is 4.39. The SMILES string of the molecule is O=C(O)C(F)(F)F.O=C(O)[C@@]12C[C@@H](Nc3ccc4nnc(C5CC5)n4n3)C[C@@H]1C2. The first-order chi connectivity index (χ1) is 13.6. The van der Waals surface area contributed by atoms with Gasteiger partial charge in [0.25, 0.3) is 0 Å². The lowest BCUT2D eigenvalue weighted by Crippen LogP contribution is -2.23. The predicted molar refractivity (Wildman–Crippen MR) is 91.3 cm³/mol. The maximum Gasteiger partial charge on any atom is 0.490 e. The first kappa shape index (κ1) is 19.4. The van der Waals surface area contributed by atoms with Crippen LogP contribution in [0.15, 0.2) is 12.1 Å². The van der Waals surface area contributed by atoms with Gasteiger partial charge in [0.2, 0.25) is 0 Å². The maximum atomic E-state index is 11.4. The Hall–Kier alpha value is -2.92. The molecule has 3 fully saturated rings. The molecule has 0 aromatic carbocycles. The third kappa shape index (κ3) is 3.70. The van der Waals surface area contributed by atoms with Crippen LogP contribution >= 0.6 is 0 Å². The van der Waals surface area contributed by atoms with E-state index in [1.54, 1.807) is 0 Å². The van der Waals surface area contributed by atoms with Crippen LogP contribution in [0.3, 0.4) is 0 Å². The molecule has 3 aliphatic rings. The molecule has 156 valence electrons. The highest BCUT2D eigenvalue weighted by Crippen LogP contribution is 2.63. The Morgan fingerprint density at radius 2 is 1.86 bits per heavy atom. The van der Waals surface area contributed by atoms with Gasteiger partial charge in [0.15, 0.2) is 11.5 Å². The number of hydrogen-bond donors (Lipinski definition) is 3. The van der Waals surface area contributed by atoms with Gasteiger partial charge in [0.05, 0.1) is 5.41 Å². The largest absolute Gasteiger partial charge is 0.490 e. The molecular formula is C17H18F3N5O4. The molecule has 2 aromatic heterocycles. The van der Waals surface area contributed by atoms with Gasteiger partial charge < -0.3 is 15.5 Å². The fourth-order valence-electron chi connectivity index (χ4n) is 3.95. The summed E-state index contributed by atoms with van der Waals surface area (Å²) in [5.41, 5.74) is 0.307. The van der Waals surface area contributed by atoms with E-state index < -0.39 is 23.5 Å². The first-order valence-corrected chi connectivity index (χ1v) is 9.12. The van der Waals surface area contributed by atoms with Gasteiger partial charge in [-0.25, -0.2) is 4.79 Å². The van der Waals surface area contributed by atoms with Crippen molar-refractivity contribution in [3.63, 3.8) is 0 Å². The molecule has 3 N–H and O–H groups in total. The molecule has 0 bridgehead atoms. The molecule has 2 heterocycles. The molecule has 5 rings (SSSR count). The second-order valence-corrected chi connectivity index (χ2v) is 7.77. The second kappa shape index (κ2) is 6.56. The highest BCUT2D eigenvalue weighted by molar-refractivity contribution is 5.79. The van der Waals surface area contributed by atoms with Crippen molar-refractivity contribution in [2.45, 2.75) is 50.2 Å². The van der Waals surface area contributed by atoms with Gasteiger partial charge in [0.1, 0.15) is 5.82 Å². The molecule has 3 atom stereocenters. The van der Waals surface area contributed by atoms with Gasteiger partial charge in [-0.15, -0.1) is 15.3 Å². The summed E-state index contributed by atoms with van der Waals surface area (Å²) < 4.78 is 33.6. The van der Waals surface area contributed by atoms with Gasteiger partial charge in [-0.1, -0.05) is 0 Å². The minimum atomic E-state index is -5.08. The number of aliphatic carboxylic acids is 2. The zero-order chi connectivity index (χ0) is 21.0. The van der Waals surface area contributed by atoms with Crippen molar-refractivity contribution < 1.29 is 33.0 Å². The molecule has 9 nitrogen and oxygen atoms in total. The topological polar surface area (TPSA) is 130 Å². The Balaban J connectivity index is 0.000000255. The minimum Gasteiger partial charge on any atom is -0.481 e. The van der Waals surface area contributed by atoms with Crippen molar-refractivity contribution in [2.24, 2.45) is 11.3 Å². The number of nitrogens with zero attached hydrogens (tertiary/aromatic N) is 4. The van der Waals surface area contributed by atoms with Crippen molar-refractivity contribution in [1.29, 1.82) is 0 Å². The zero-order valence-electron chi connectivity index (χ0n) is 15.1. The molecule has 0 unspecified atom stereocenters. The molecule has 2 aromatic rings. The van der Waals surface area contributed by atoms with E-state index in [0.29, 0.717) is 18.3 Å². The third-order valence-electron chi connectivity index (χ3n) is 5.66. The molecule has 0 aliphatic heterocycles. The number of rotatable bonds is 4. The van der Waals surface area contributed by atoms with Crippen LogP contribution in [0, 0.1) is 11.3 Å². The number of nitrogens with one attached hydrogen (secondary N) is 1. The lowest BCUT2D eigenvalue weighted by Gasteiger charge is -2.16. The summed E-state index contributed by atoms with van der Waals surface area (Å²) in [5.74, 6) is -0.848. The van der Waals surface area contributed by atoms with Crippen LogP contribution in [0.1, 0.15) is 43.8 Å². The van der Waals surface area contributed by atoms with E-state index in [4.69, 9.17) is 9.90 Å². The molecule has 12 heteroatoms. The fraction of sp³-hybridized carbons (Fsp3) is 0.588. The van der Waals surface area contributed by atoms with Crippen molar-refractivity contribution >= 4 is 23.4 Å². The minimum absolute atomic E-state index is 0.195. The lowest BCUT2D eigenvalue weighted by molar-refractivity contribution is -0.192. The van der Waals surface area contributed by atoms with E-state index in [9.17, 15) is 23.1 Å². The zero-order valence-corrected chi connectivity index (χ0v) is 15.1. The molecule has 3 aliphatic carbocycles. The summed E-state index contributed by atoms with van der Waals surface area (Å²) in [6, 6.07) is 4.01. The van der Waals surface area contributed by atoms with Crippen LogP contribution in [0.25, 0.3) is 5.65 Å². The number of carbonyl (C=O) groups is 2. The predicted octanol–water partition coefficient (Wildman–Crippen LogP) is 2.30. The van der Waals surface area contributed by atoms with Crippen LogP contribution < -0.4 is 5.32 Å². The Labute approximate surface area is 161 Å². The van der Waals surface area contributed by atoms with Gasteiger partial charge in [-0.05, 0) is 50.2 Å². The van der Waals surface area contributed by atoms with E-state index >= 15 is 0 Å². The first-order valence-electron chi connectivity index (χ1n) is 9.12. The highest BCUT2D eigenvalue weighted by Gasteiger charge is 2.65. The van der Waals surface area contributed by atoms with Crippen molar-refractivity contribution in [1.82, 2.24) is 19.8 Å². The molecule has 0 amide bonds. The summed E-state index contributed by atoms with van der Waals surface area (Å²) in [6.07, 6.45) is -0.310. The van der Waals surface area contributed by atoms with E-state index in [1.807, 2.05) is 16.6 Å². The number of carboxylic acid groups (broad SMARTS) is 2. The van der Waals surface area contributed by atoms with E-state index in [1.165, 1.54) is 0 Å². The number of aromatic nitrogens is 4. The quantitative estimate of drug-likeness (QED) is 0.696. The van der Waals surface area contributed by atoms with Crippen LogP contribution in [0.2, 0.25) is 0 Å². The number of hydrogen-bond acceptors (Lipinski definition) is 6. The number of halogens is 3. The molecule has 0 radical (unpaired) electrons. The third-order valence-corrected chi connectivity index (χ3v) is 5.66. The van der Waals surface area contributed by atoms with Crippen molar-refractivity contribution in [3.05, 3.63) is 18.0 Å².